The first-order valence-corrected chi connectivity index (χ1v) is 8.40. The van der Waals surface area contributed by atoms with Crippen molar-refractivity contribution in [2.24, 2.45) is 5.92 Å². The van der Waals surface area contributed by atoms with E-state index in [-0.39, 0.29) is 30.7 Å². The van der Waals surface area contributed by atoms with Crippen molar-refractivity contribution in [3.8, 4) is 10.7 Å². The summed E-state index contributed by atoms with van der Waals surface area (Å²) in [4.78, 5) is 23.9. The lowest BCUT2D eigenvalue weighted by molar-refractivity contribution is 0.0679. The second-order valence-corrected chi connectivity index (χ2v) is 6.59. The molecule has 0 spiro atoms. The minimum atomic E-state index is 0. The van der Waals surface area contributed by atoms with Gasteiger partial charge in [-0.3, -0.25) is 9.78 Å². The van der Waals surface area contributed by atoms with Crippen LogP contribution in [0.1, 0.15) is 22.5 Å². The molecule has 5 nitrogen and oxygen atoms in total. The summed E-state index contributed by atoms with van der Waals surface area (Å²) in [7, 11) is 1.96. The third-order valence-corrected chi connectivity index (χ3v) is 4.91. The molecule has 0 saturated carbocycles. The molecule has 2 aromatic heterocycles. The van der Waals surface area contributed by atoms with Crippen LogP contribution < -0.4 is 5.32 Å². The quantitative estimate of drug-likeness (QED) is 0.873. The van der Waals surface area contributed by atoms with Gasteiger partial charge < -0.3 is 10.2 Å². The van der Waals surface area contributed by atoms with Gasteiger partial charge in [-0.15, -0.1) is 36.2 Å². The number of halogens is 2. The number of pyridine rings is 1. The van der Waals surface area contributed by atoms with Crippen LogP contribution in [0.25, 0.3) is 10.7 Å². The van der Waals surface area contributed by atoms with E-state index in [0.29, 0.717) is 10.8 Å². The summed E-state index contributed by atoms with van der Waals surface area (Å²) in [5.41, 5.74) is 0.818. The number of nitrogens with zero attached hydrogens (tertiary/aromatic N) is 3. The molecule has 0 aliphatic carbocycles. The lowest BCUT2D eigenvalue weighted by Crippen LogP contribution is -2.42. The number of rotatable bonds is 4. The summed E-state index contributed by atoms with van der Waals surface area (Å²) >= 11 is 1.42. The second-order valence-electron chi connectivity index (χ2n) is 5.56. The number of piperidine rings is 1. The molecule has 0 bridgehead atoms. The molecule has 3 heterocycles. The molecule has 1 aliphatic rings. The summed E-state index contributed by atoms with van der Waals surface area (Å²) in [6.45, 7) is 2.64. The normalized spacial score (nSPS) is 16.9. The van der Waals surface area contributed by atoms with E-state index in [9.17, 15) is 4.79 Å². The predicted octanol–water partition coefficient (Wildman–Crippen LogP) is 3.12. The molecule has 1 aliphatic heterocycles. The largest absolute Gasteiger partial charge is 0.338 e. The number of hydrogen-bond donors (Lipinski definition) is 1. The average molecular weight is 389 g/mol. The van der Waals surface area contributed by atoms with Crippen molar-refractivity contribution in [2.75, 3.05) is 26.7 Å². The fraction of sp³-hybridized carbons (Fsp3) is 0.438. The van der Waals surface area contributed by atoms with Crippen molar-refractivity contribution < 1.29 is 4.79 Å². The van der Waals surface area contributed by atoms with Crippen LogP contribution in [0.3, 0.4) is 0 Å². The third-order valence-electron chi connectivity index (χ3n) is 3.90. The standard InChI is InChI=1S/C16H20N4OS.2ClH/c1-17-9-12-5-4-8-20(11-12)16(21)14-10-19-15(22-14)13-6-2-3-7-18-13;;/h2-3,6-7,10,12,17H,4-5,8-9,11H2,1H3;2*1H. The Hall–Kier alpha value is -1.21. The van der Waals surface area contributed by atoms with Gasteiger partial charge in [-0.2, -0.15) is 0 Å². The molecular formula is C16H22Cl2N4OS. The molecule has 1 atom stereocenters. The third kappa shape index (κ3) is 4.89. The summed E-state index contributed by atoms with van der Waals surface area (Å²) < 4.78 is 0. The van der Waals surface area contributed by atoms with Crippen molar-refractivity contribution in [3.63, 3.8) is 0 Å². The zero-order chi connectivity index (χ0) is 15.4. The van der Waals surface area contributed by atoms with E-state index in [1.165, 1.54) is 17.8 Å². The molecule has 1 fully saturated rings. The van der Waals surface area contributed by atoms with Gasteiger partial charge in [0.1, 0.15) is 9.88 Å². The average Bonchev–Trinajstić information content (AvgIpc) is 3.05. The molecule has 1 N–H and O–H groups in total. The number of carbonyl (C=O) groups is 1. The Balaban J connectivity index is 0.00000144. The van der Waals surface area contributed by atoms with E-state index in [0.717, 1.165) is 36.8 Å². The number of nitrogens with one attached hydrogen (secondary N) is 1. The van der Waals surface area contributed by atoms with Crippen molar-refractivity contribution >= 4 is 42.1 Å². The molecule has 8 heteroatoms. The first-order chi connectivity index (χ1) is 10.8. The Morgan fingerprint density at radius 2 is 2.21 bits per heavy atom. The fourth-order valence-electron chi connectivity index (χ4n) is 2.84. The van der Waals surface area contributed by atoms with Crippen LogP contribution in [-0.2, 0) is 0 Å². The van der Waals surface area contributed by atoms with Gasteiger partial charge in [-0.1, -0.05) is 6.07 Å². The lowest BCUT2D eigenvalue weighted by atomic mass is 9.98. The monoisotopic (exact) mass is 388 g/mol. The Kier molecular flexibility index (Phi) is 8.62. The van der Waals surface area contributed by atoms with Crippen molar-refractivity contribution in [1.29, 1.82) is 0 Å². The van der Waals surface area contributed by atoms with Crippen molar-refractivity contribution in [1.82, 2.24) is 20.2 Å². The van der Waals surface area contributed by atoms with Gasteiger partial charge in [0.25, 0.3) is 5.91 Å². The Morgan fingerprint density at radius 3 is 2.92 bits per heavy atom. The van der Waals surface area contributed by atoms with E-state index in [1.54, 1.807) is 12.4 Å². The molecule has 1 unspecified atom stereocenters. The van der Waals surface area contributed by atoms with Gasteiger partial charge in [0.05, 0.1) is 11.9 Å². The minimum absolute atomic E-state index is 0. The van der Waals surface area contributed by atoms with Crippen molar-refractivity contribution in [3.05, 3.63) is 35.5 Å². The zero-order valence-electron chi connectivity index (χ0n) is 13.5. The predicted molar refractivity (Wildman–Crippen MR) is 102 cm³/mol. The lowest BCUT2D eigenvalue weighted by Gasteiger charge is -2.32. The number of hydrogen-bond acceptors (Lipinski definition) is 5. The van der Waals surface area contributed by atoms with Crippen LogP contribution in [0.15, 0.2) is 30.6 Å². The SMILES string of the molecule is CNCC1CCCN(C(=O)c2cnc(-c3ccccn3)s2)C1.Cl.Cl. The first-order valence-electron chi connectivity index (χ1n) is 7.59. The summed E-state index contributed by atoms with van der Waals surface area (Å²) in [5.74, 6) is 0.645. The van der Waals surface area contributed by atoms with Crippen molar-refractivity contribution in [2.45, 2.75) is 12.8 Å². The second kappa shape index (κ2) is 9.93. The van der Waals surface area contributed by atoms with Crippen LogP contribution in [0.4, 0.5) is 0 Å². The highest BCUT2D eigenvalue weighted by Gasteiger charge is 2.25. The highest BCUT2D eigenvalue weighted by molar-refractivity contribution is 7.16. The molecular weight excluding hydrogens is 367 g/mol. The van der Waals surface area contributed by atoms with E-state index in [1.807, 2.05) is 30.1 Å². The minimum Gasteiger partial charge on any atom is -0.338 e. The molecule has 24 heavy (non-hydrogen) atoms. The number of likely N-dealkylation sites (tertiary alicyclic amines) is 1. The Bertz CT molecular complexity index is 636. The maximum Gasteiger partial charge on any atom is 0.265 e. The van der Waals surface area contributed by atoms with Gasteiger partial charge >= 0.3 is 0 Å². The van der Waals surface area contributed by atoms with Crippen LogP contribution in [0.2, 0.25) is 0 Å². The van der Waals surface area contributed by atoms with Gasteiger partial charge in [0, 0.05) is 19.3 Å². The maximum absolute atomic E-state index is 12.6. The highest BCUT2D eigenvalue weighted by Crippen LogP contribution is 2.25. The van der Waals surface area contributed by atoms with E-state index < -0.39 is 0 Å². The Morgan fingerprint density at radius 1 is 1.38 bits per heavy atom. The molecule has 1 amide bonds. The molecule has 2 aromatic rings. The van der Waals surface area contributed by atoms with Crippen LogP contribution >= 0.6 is 36.2 Å². The van der Waals surface area contributed by atoms with E-state index >= 15 is 0 Å². The smallest absolute Gasteiger partial charge is 0.265 e. The van der Waals surface area contributed by atoms with E-state index in [4.69, 9.17) is 0 Å². The zero-order valence-corrected chi connectivity index (χ0v) is 15.9. The number of amides is 1. The fourth-order valence-corrected chi connectivity index (χ4v) is 3.70. The maximum atomic E-state index is 12.6. The molecule has 3 rings (SSSR count). The topological polar surface area (TPSA) is 58.1 Å². The molecule has 0 aromatic carbocycles. The number of aromatic nitrogens is 2. The van der Waals surface area contributed by atoms with Gasteiger partial charge in [-0.25, -0.2) is 4.98 Å². The van der Waals surface area contributed by atoms with Gasteiger partial charge in [0.15, 0.2) is 0 Å². The number of carbonyl (C=O) groups excluding carboxylic acids is 1. The molecule has 132 valence electrons. The van der Waals surface area contributed by atoms with Crippen LogP contribution in [-0.4, -0.2) is 47.5 Å². The summed E-state index contributed by atoms with van der Waals surface area (Å²) in [6.07, 6.45) is 5.68. The molecule has 1 saturated heterocycles. The Labute approximate surface area is 158 Å². The summed E-state index contributed by atoms with van der Waals surface area (Å²) in [5, 5.41) is 4.01. The number of thiazole rings is 1. The first kappa shape index (κ1) is 20.8. The van der Waals surface area contributed by atoms with Gasteiger partial charge in [0.2, 0.25) is 0 Å². The molecule has 0 radical (unpaired) electrons. The van der Waals surface area contributed by atoms with Crippen LogP contribution in [0, 0.1) is 5.92 Å². The summed E-state index contributed by atoms with van der Waals surface area (Å²) in [6, 6.07) is 5.72. The van der Waals surface area contributed by atoms with Crippen LogP contribution in [0.5, 0.6) is 0 Å². The van der Waals surface area contributed by atoms with E-state index in [2.05, 4.69) is 15.3 Å². The van der Waals surface area contributed by atoms with Gasteiger partial charge in [-0.05, 0) is 44.5 Å². The highest BCUT2D eigenvalue weighted by atomic mass is 35.5.